The molecule has 0 heterocycles. The number of aliphatic carboxylic acids is 2. The van der Waals surface area contributed by atoms with E-state index in [9.17, 15) is 19.8 Å². The highest BCUT2D eigenvalue weighted by atomic mass is 16.4. The summed E-state index contributed by atoms with van der Waals surface area (Å²) in [6.45, 7) is 0. The van der Waals surface area contributed by atoms with Gasteiger partial charge < -0.3 is 10.2 Å². The average Bonchev–Trinajstić information content (AvgIpc) is 2.56. The summed E-state index contributed by atoms with van der Waals surface area (Å²) in [7, 11) is 0. The minimum atomic E-state index is -0.801. The first kappa shape index (κ1) is 17.8. The van der Waals surface area contributed by atoms with Crippen molar-refractivity contribution < 1.29 is 19.8 Å². The van der Waals surface area contributed by atoms with E-state index in [-0.39, 0.29) is 10.8 Å². The van der Waals surface area contributed by atoms with E-state index in [2.05, 4.69) is 0 Å². The molecule has 2 unspecified atom stereocenters. The van der Waals surface area contributed by atoms with Crippen molar-refractivity contribution in [3.63, 3.8) is 0 Å². The standard InChI is InChI=1S/C24H34O4/c25-21(26)19(23-7-13-1-14(8-23)3-15(2-13)9-23)20(22(27)28)24-10-16-4-17(11-24)6-18(5-16)12-24/h13-20H,1-12H2,(H,25,26)(H,27,28). The summed E-state index contributed by atoms with van der Waals surface area (Å²) < 4.78 is 0. The lowest BCUT2D eigenvalue weighted by Gasteiger charge is -2.63. The Kier molecular flexibility index (Phi) is 3.65. The van der Waals surface area contributed by atoms with Crippen molar-refractivity contribution in [3.05, 3.63) is 0 Å². The number of hydrogen-bond donors (Lipinski definition) is 2. The molecule has 4 heteroatoms. The van der Waals surface area contributed by atoms with Crippen LogP contribution in [0.5, 0.6) is 0 Å². The molecule has 0 aliphatic heterocycles. The Morgan fingerprint density at radius 3 is 0.929 bits per heavy atom. The molecule has 2 N–H and O–H groups in total. The zero-order chi connectivity index (χ0) is 19.3. The van der Waals surface area contributed by atoms with E-state index >= 15 is 0 Å². The molecule has 154 valence electrons. The van der Waals surface area contributed by atoms with Gasteiger partial charge in [0, 0.05) is 0 Å². The van der Waals surface area contributed by atoms with Crippen LogP contribution < -0.4 is 0 Å². The molecular formula is C24H34O4. The number of carbonyl (C=O) groups is 2. The summed E-state index contributed by atoms with van der Waals surface area (Å²) in [5.74, 6) is 0.966. The van der Waals surface area contributed by atoms with E-state index in [1.807, 2.05) is 0 Å². The van der Waals surface area contributed by atoms with Crippen LogP contribution in [0.3, 0.4) is 0 Å². The lowest BCUT2D eigenvalue weighted by Crippen LogP contribution is -2.60. The molecule has 0 aromatic carbocycles. The monoisotopic (exact) mass is 386 g/mol. The Balaban J connectivity index is 1.42. The van der Waals surface area contributed by atoms with Crippen LogP contribution in [-0.4, -0.2) is 22.2 Å². The Morgan fingerprint density at radius 2 is 0.750 bits per heavy atom. The van der Waals surface area contributed by atoms with Crippen LogP contribution in [0.25, 0.3) is 0 Å². The van der Waals surface area contributed by atoms with E-state index in [0.717, 1.165) is 38.5 Å². The normalized spacial score (nSPS) is 52.6. The fraction of sp³-hybridized carbons (Fsp3) is 0.917. The molecule has 0 aromatic rings. The van der Waals surface area contributed by atoms with Crippen LogP contribution in [0, 0.1) is 58.2 Å². The molecule has 0 radical (unpaired) electrons. The van der Waals surface area contributed by atoms with Gasteiger partial charge >= 0.3 is 11.9 Å². The predicted molar refractivity (Wildman–Crippen MR) is 103 cm³/mol. The van der Waals surface area contributed by atoms with Gasteiger partial charge in [-0.2, -0.15) is 0 Å². The van der Waals surface area contributed by atoms with Crippen LogP contribution in [-0.2, 0) is 9.59 Å². The second-order valence-corrected chi connectivity index (χ2v) is 12.2. The van der Waals surface area contributed by atoms with E-state index < -0.39 is 23.8 Å². The first-order chi connectivity index (χ1) is 13.4. The maximum absolute atomic E-state index is 12.8. The van der Waals surface area contributed by atoms with E-state index in [1.54, 1.807) is 0 Å². The highest BCUT2D eigenvalue weighted by Gasteiger charge is 2.65. The molecule has 8 aliphatic rings. The number of carboxylic acids is 2. The zero-order valence-corrected chi connectivity index (χ0v) is 16.8. The molecule has 8 bridgehead atoms. The molecule has 2 atom stereocenters. The maximum atomic E-state index is 12.8. The number of carboxylic acid groups (broad SMARTS) is 2. The molecule has 0 aromatic heterocycles. The van der Waals surface area contributed by atoms with Gasteiger partial charge in [0.05, 0.1) is 11.8 Å². The van der Waals surface area contributed by atoms with Crippen molar-refractivity contribution in [1.82, 2.24) is 0 Å². The molecule has 0 saturated heterocycles. The largest absolute Gasteiger partial charge is 0.481 e. The van der Waals surface area contributed by atoms with Crippen molar-refractivity contribution in [1.29, 1.82) is 0 Å². The lowest BCUT2D eigenvalue weighted by atomic mass is 9.40. The topological polar surface area (TPSA) is 74.6 Å². The number of rotatable bonds is 5. The van der Waals surface area contributed by atoms with E-state index in [4.69, 9.17) is 0 Å². The van der Waals surface area contributed by atoms with Gasteiger partial charge in [-0.05, 0) is 123 Å². The highest BCUT2D eigenvalue weighted by Crippen LogP contribution is 2.69. The summed E-state index contributed by atoms with van der Waals surface area (Å²) in [5.41, 5.74) is -0.486. The van der Waals surface area contributed by atoms with Crippen molar-refractivity contribution in [2.24, 2.45) is 58.2 Å². The number of hydrogen-bond acceptors (Lipinski definition) is 2. The fourth-order valence-electron chi connectivity index (χ4n) is 10.6. The van der Waals surface area contributed by atoms with Crippen LogP contribution >= 0.6 is 0 Å². The first-order valence-electron chi connectivity index (χ1n) is 11.8. The van der Waals surface area contributed by atoms with Crippen LogP contribution in [0.2, 0.25) is 0 Å². The highest BCUT2D eigenvalue weighted by molar-refractivity contribution is 5.81. The van der Waals surface area contributed by atoms with Gasteiger partial charge in [0.1, 0.15) is 0 Å². The molecule has 0 amide bonds. The first-order valence-corrected chi connectivity index (χ1v) is 11.8. The van der Waals surface area contributed by atoms with Gasteiger partial charge in [0.25, 0.3) is 0 Å². The third-order valence-electron chi connectivity index (χ3n) is 10.4. The average molecular weight is 387 g/mol. The van der Waals surface area contributed by atoms with Crippen molar-refractivity contribution >= 4 is 11.9 Å². The van der Waals surface area contributed by atoms with Crippen LogP contribution in [0.1, 0.15) is 77.0 Å². The van der Waals surface area contributed by atoms with Crippen LogP contribution in [0.15, 0.2) is 0 Å². The predicted octanol–water partition coefficient (Wildman–Crippen LogP) is 4.82. The molecular weight excluding hydrogens is 352 g/mol. The zero-order valence-electron chi connectivity index (χ0n) is 16.8. The Hall–Kier alpha value is -1.06. The SMILES string of the molecule is O=C(O)C(C(C(=O)O)C12CC3CC(CC(C3)C1)C2)C12CC3CC(CC(C3)C1)C2. The van der Waals surface area contributed by atoms with Gasteiger partial charge in [-0.3, -0.25) is 9.59 Å². The van der Waals surface area contributed by atoms with Crippen molar-refractivity contribution in [2.45, 2.75) is 77.0 Å². The minimum Gasteiger partial charge on any atom is -0.481 e. The van der Waals surface area contributed by atoms with Gasteiger partial charge in [-0.15, -0.1) is 0 Å². The third kappa shape index (κ3) is 2.41. The molecule has 28 heavy (non-hydrogen) atoms. The van der Waals surface area contributed by atoms with E-state index in [0.29, 0.717) is 35.5 Å². The van der Waals surface area contributed by atoms with Gasteiger partial charge in [0.2, 0.25) is 0 Å². The third-order valence-corrected chi connectivity index (χ3v) is 10.4. The quantitative estimate of drug-likeness (QED) is 0.710. The maximum Gasteiger partial charge on any atom is 0.307 e. The summed E-state index contributed by atoms with van der Waals surface area (Å²) in [6.07, 6.45) is 13.5. The van der Waals surface area contributed by atoms with E-state index in [1.165, 1.54) is 38.5 Å². The van der Waals surface area contributed by atoms with Gasteiger partial charge in [0.15, 0.2) is 0 Å². The molecule has 8 saturated carbocycles. The summed E-state index contributed by atoms with van der Waals surface area (Å²) >= 11 is 0. The minimum absolute atomic E-state index is 0.243. The fourth-order valence-corrected chi connectivity index (χ4v) is 10.6. The lowest BCUT2D eigenvalue weighted by molar-refractivity contribution is -0.194. The Bertz CT molecular complexity index is 579. The second-order valence-electron chi connectivity index (χ2n) is 12.2. The van der Waals surface area contributed by atoms with Crippen molar-refractivity contribution in [2.75, 3.05) is 0 Å². The Labute approximate surface area is 167 Å². The molecule has 4 nitrogen and oxygen atoms in total. The second kappa shape index (κ2) is 5.76. The summed E-state index contributed by atoms with van der Waals surface area (Å²) in [4.78, 5) is 25.6. The molecule has 8 fully saturated rings. The van der Waals surface area contributed by atoms with Gasteiger partial charge in [-0.1, -0.05) is 0 Å². The van der Waals surface area contributed by atoms with Crippen LogP contribution in [0.4, 0.5) is 0 Å². The molecule has 8 rings (SSSR count). The Morgan fingerprint density at radius 1 is 0.536 bits per heavy atom. The molecule has 8 aliphatic carbocycles. The summed E-state index contributed by atoms with van der Waals surface area (Å²) in [5, 5.41) is 21.0. The summed E-state index contributed by atoms with van der Waals surface area (Å²) in [6, 6.07) is 0. The van der Waals surface area contributed by atoms with Gasteiger partial charge in [-0.25, -0.2) is 0 Å². The smallest absolute Gasteiger partial charge is 0.307 e. The van der Waals surface area contributed by atoms with Crippen molar-refractivity contribution in [3.8, 4) is 0 Å². The molecule has 0 spiro atoms.